The van der Waals surface area contributed by atoms with Crippen LogP contribution in [0.5, 0.6) is 5.75 Å². The highest BCUT2D eigenvalue weighted by molar-refractivity contribution is 14.1. The minimum atomic E-state index is 0.724. The summed E-state index contributed by atoms with van der Waals surface area (Å²) in [5, 5.41) is 3.33. The highest BCUT2D eigenvalue weighted by Gasteiger charge is 2.05. The van der Waals surface area contributed by atoms with Crippen LogP contribution in [-0.4, -0.2) is 23.6 Å². The summed E-state index contributed by atoms with van der Waals surface area (Å²) in [5.74, 6) is 2.61. The van der Waals surface area contributed by atoms with Gasteiger partial charge in [0.2, 0.25) is 0 Å². The van der Waals surface area contributed by atoms with Gasteiger partial charge in [-0.3, -0.25) is 0 Å². The fourth-order valence-electron chi connectivity index (χ4n) is 1.78. The zero-order chi connectivity index (χ0) is 14.4. The van der Waals surface area contributed by atoms with Crippen molar-refractivity contribution in [1.82, 2.24) is 9.97 Å². The molecule has 20 heavy (non-hydrogen) atoms. The lowest BCUT2D eigenvalue weighted by atomic mass is 10.1. The highest BCUT2D eigenvalue weighted by Crippen LogP contribution is 2.17. The molecule has 1 aromatic heterocycles. The number of aromatic nitrogens is 2. The monoisotopic (exact) mass is 383 g/mol. The van der Waals surface area contributed by atoms with Crippen LogP contribution < -0.4 is 10.1 Å². The van der Waals surface area contributed by atoms with E-state index in [4.69, 9.17) is 4.74 Å². The van der Waals surface area contributed by atoms with Gasteiger partial charge < -0.3 is 10.1 Å². The van der Waals surface area contributed by atoms with Gasteiger partial charge in [-0.1, -0.05) is 19.1 Å². The molecule has 0 unspecified atom stereocenters. The Morgan fingerprint density at radius 3 is 2.65 bits per heavy atom. The van der Waals surface area contributed by atoms with Crippen molar-refractivity contribution in [3.8, 4) is 5.75 Å². The molecule has 1 aromatic carbocycles. The van der Waals surface area contributed by atoms with Gasteiger partial charge in [0.15, 0.2) is 0 Å². The number of nitrogens with one attached hydrogen (secondary N) is 1. The third-order valence-corrected chi connectivity index (χ3v) is 3.65. The van der Waals surface area contributed by atoms with E-state index in [9.17, 15) is 0 Å². The topological polar surface area (TPSA) is 47.0 Å². The first-order chi connectivity index (χ1) is 9.72. The van der Waals surface area contributed by atoms with E-state index in [1.807, 2.05) is 30.5 Å². The van der Waals surface area contributed by atoms with Crippen molar-refractivity contribution in [2.75, 3.05) is 19.0 Å². The minimum Gasteiger partial charge on any atom is -0.497 e. The molecular formula is C15H18IN3O. The maximum atomic E-state index is 5.16. The maximum Gasteiger partial charge on any atom is 0.143 e. The van der Waals surface area contributed by atoms with Crippen molar-refractivity contribution >= 4 is 28.4 Å². The first kappa shape index (κ1) is 15.0. The number of hydrogen-bond donors (Lipinski definition) is 1. The van der Waals surface area contributed by atoms with Gasteiger partial charge in [0.25, 0.3) is 0 Å². The van der Waals surface area contributed by atoms with Crippen molar-refractivity contribution < 1.29 is 4.74 Å². The normalized spacial score (nSPS) is 10.3. The molecule has 0 fully saturated rings. The van der Waals surface area contributed by atoms with Gasteiger partial charge in [-0.2, -0.15) is 0 Å². The summed E-state index contributed by atoms with van der Waals surface area (Å²) in [6.45, 7) is 3.06. The van der Waals surface area contributed by atoms with Crippen LogP contribution in [0.2, 0.25) is 0 Å². The molecule has 1 N–H and O–H groups in total. The summed E-state index contributed by atoms with van der Waals surface area (Å²) < 4.78 is 6.21. The summed E-state index contributed by atoms with van der Waals surface area (Å²) >= 11 is 2.25. The smallest absolute Gasteiger partial charge is 0.143 e. The molecule has 0 saturated carbocycles. The van der Waals surface area contributed by atoms with E-state index in [0.717, 1.165) is 40.3 Å². The predicted molar refractivity (Wildman–Crippen MR) is 89.3 cm³/mol. The second-order valence-corrected chi connectivity index (χ2v) is 5.60. The van der Waals surface area contributed by atoms with Crippen LogP contribution in [0.15, 0.2) is 30.5 Å². The molecule has 0 atom stereocenters. The second kappa shape index (κ2) is 7.42. The number of rotatable bonds is 6. The van der Waals surface area contributed by atoms with Crippen LogP contribution in [0.1, 0.15) is 24.7 Å². The SMILES string of the molecule is CCCNc1nc(Cc2ccc(OC)cc2)ncc1I. The summed E-state index contributed by atoms with van der Waals surface area (Å²) in [5.41, 5.74) is 1.17. The third-order valence-electron chi connectivity index (χ3n) is 2.86. The summed E-state index contributed by atoms with van der Waals surface area (Å²) in [7, 11) is 1.67. The quantitative estimate of drug-likeness (QED) is 0.776. The van der Waals surface area contributed by atoms with Crippen LogP contribution >= 0.6 is 22.6 Å². The minimum absolute atomic E-state index is 0.724. The van der Waals surface area contributed by atoms with Crippen LogP contribution in [0, 0.1) is 3.57 Å². The average Bonchev–Trinajstić information content (AvgIpc) is 2.48. The van der Waals surface area contributed by atoms with Gasteiger partial charge in [-0.05, 0) is 46.7 Å². The Hall–Kier alpha value is -1.37. The van der Waals surface area contributed by atoms with E-state index in [1.165, 1.54) is 5.56 Å². The molecule has 1 heterocycles. The van der Waals surface area contributed by atoms with Crippen molar-refractivity contribution in [3.63, 3.8) is 0 Å². The first-order valence-electron chi connectivity index (χ1n) is 6.61. The molecule has 4 nitrogen and oxygen atoms in total. The van der Waals surface area contributed by atoms with Crippen LogP contribution in [0.4, 0.5) is 5.82 Å². The van der Waals surface area contributed by atoms with Gasteiger partial charge >= 0.3 is 0 Å². The second-order valence-electron chi connectivity index (χ2n) is 4.43. The summed E-state index contributed by atoms with van der Waals surface area (Å²) in [6.07, 6.45) is 3.67. The van der Waals surface area contributed by atoms with Crippen molar-refractivity contribution in [2.24, 2.45) is 0 Å². The largest absolute Gasteiger partial charge is 0.497 e. The summed E-state index contributed by atoms with van der Waals surface area (Å²) in [4.78, 5) is 8.98. The van der Waals surface area contributed by atoms with E-state index < -0.39 is 0 Å². The molecular weight excluding hydrogens is 365 g/mol. The molecule has 0 aliphatic carbocycles. The van der Waals surface area contributed by atoms with E-state index in [0.29, 0.717) is 0 Å². The van der Waals surface area contributed by atoms with Gasteiger partial charge in [0.1, 0.15) is 17.4 Å². The fraction of sp³-hybridized carbons (Fsp3) is 0.333. The highest BCUT2D eigenvalue weighted by atomic mass is 127. The molecule has 0 amide bonds. The Kier molecular flexibility index (Phi) is 5.58. The van der Waals surface area contributed by atoms with Crippen LogP contribution in [-0.2, 0) is 6.42 Å². The zero-order valence-corrected chi connectivity index (χ0v) is 13.8. The lowest BCUT2D eigenvalue weighted by Gasteiger charge is -2.08. The van der Waals surface area contributed by atoms with Crippen LogP contribution in [0.25, 0.3) is 0 Å². The number of benzene rings is 1. The van der Waals surface area contributed by atoms with Gasteiger partial charge in [0, 0.05) is 19.2 Å². The lowest BCUT2D eigenvalue weighted by molar-refractivity contribution is 0.414. The summed E-state index contributed by atoms with van der Waals surface area (Å²) in [6, 6.07) is 8.00. The molecule has 106 valence electrons. The van der Waals surface area contributed by atoms with Crippen LogP contribution in [0.3, 0.4) is 0 Å². The molecule has 0 aliphatic heterocycles. The van der Waals surface area contributed by atoms with Crippen molar-refractivity contribution in [3.05, 3.63) is 45.4 Å². The molecule has 2 aromatic rings. The number of methoxy groups -OCH3 is 1. The van der Waals surface area contributed by atoms with Gasteiger partial charge in [-0.15, -0.1) is 0 Å². The molecule has 0 bridgehead atoms. The average molecular weight is 383 g/mol. The van der Waals surface area contributed by atoms with E-state index >= 15 is 0 Å². The number of halogens is 1. The molecule has 0 spiro atoms. The van der Waals surface area contributed by atoms with E-state index in [-0.39, 0.29) is 0 Å². The van der Waals surface area contributed by atoms with E-state index in [1.54, 1.807) is 7.11 Å². The first-order valence-corrected chi connectivity index (χ1v) is 7.69. The Morgan fingerprint density at radius 2 is 2.00 bits per heavy atom. The molecule has 2 rings (SSSR count). The van der Waals surface area contributed by atoms with Gasteiger partial charge in [0.05, 0.1) is 10.7 Å². The Bertz CT molecular complexity index is 558. The zero-order valence-electron chi connectivity index (χ0n) is 11.7. The van der Waals surface area contributed by atoms with Crippen molar-refractivity contribution in [2.45, 2.75) is 19.8 Å². The number of nitrogens with zero attached hydrogens (tertiary/aromatic N) is 2. The molecule has 0 saturated heterocycles. The predicted octanol–water partition coefficient (Wildman–Crippen LogP) is 3.50. The number of hydrogen-bond acceptors (Lipinski definition) is 4. The lowest BCUT2D eigenvalue weighted by Crippen LogP contribution is -2.07. The Labute approximate surface area is 133 Å². The standard InChI is InChI=1S/C15H18IN3O/c1-3-8-17-15-13(16)10-18-14(19-15)9-11-4-6-12(20-2)7-5-11/h4-7,10H,3,8-9H2,1-2H3,(H,17,18,19). The Morgan fingerprint density at radius 1 is 1.25 bits per heavy atom. The van der Waals surface area contributed by atoms with Gasteiger partial charge in [-0.25, -0.2) is 9.97 Å². The molecule has 5 heteroatoms. The number of anilines is 1. The Balaban J connectivity index is 2.11. The fourth-order valence-corrected chi connectivity index (χ4v) is 2.23. The van der Waals surface area contributed by atoms with Crippen molar-refractivity contribution in [1.29, 1.82) is 0 Å². The molecule has 0 radical (unpaired) electrons. The maximum absolute atomic E-state index is 5.16. The molecule has 0 aliphatic rings. The number of ether oxygens (including phenoxy) is 1. The third kappa shape index (κ3) is 4.06. The van der Waals surface area contributed by atoms with E-state index in [2.05, 4.69) is 44.8 Å².